The Bertz CT molecular complexity index is 651. The van der Waals surface area contributed by atoms with Gasteiger partial charge in [-0.3, -0.25) is 9.59 Å². The van der Waals surface area contributed by atoms with Crippen LogP contribution in [0.2, 0.25) is 0 Å². The molecule has 0 spiro atoms. The summed E-state index contributed by atoms with van der Waals surface area (Å²) in [7, 11) is 1.27. The molecule has 0 aliphatic rings. The van der Waals surface area contributed by atoms with Gasteiger partial charge in [0.1, 0.15) is 12.1 Å². The molecular weight excluding hydrogens is 374 g/mol. The van der Waals surface area contributed by atoms with Crippen molar-refractivity contribution in [2.45, 2.75) is 57.7 Å². The van der Waals surface area contributed by atoms with E-state index in [9.17, 15) is 19.5 Å². The summed E-state index contributed by atoms with van der Waals surface area (Å²) in [5, 5.41) is 14.9. The summed E-state index contributed by atoms with van der Waals surface area (Å²) in [6.07, 6.45) is 0.182. The van der Waals surface area contributed by atoms with Crippen molar-refractivity contribution in [1.82, 2.24) is 10.6 Å². The number of nitrogens with two attached hydrogens (primary N) is 1. The number of carbonyl (C=O) groups is 3. The summed E-state index contributed by atoms with van der Waals surface area (Å²) in [4.78, 5) is 37.2. The van der Waals surface area contributed by atoms with Crippen LogP contribution in [0, 0.1) is 5.92 Å². The molecule has 8 nitrogen and oxygen atoms in total. The van der Waals surface area contributed by atoms with E-state index < -0.39 is 30.1 Å². The Labute approximate surface area is 172 Å². The molecule has 8 heteroatoms. The van der Waals surface area contributed by atoms with Gasteiger partial charge in [0.2, 0.25) is 11.8 Å². The third kappa shape index (κ3) is 9.54. The van der Waals surface area contributed by atoms with Crippen LogP contribution in [0.15, 0.2) is 30.3 Å². The monoisotopic (exact) mass is 407 g/mol. The van der Waals surface area contributed by atoms with Gasteiger partial charge in [0, 0.05) is 19.4 Å². The van der Waals surface area contributed by atoms with Crippen molar-refractivity contribution in [3.63, 3.8) is 0 Å². The first-order chi connectivity index (χ1) is 13.8. The number of nitrogens with one attached hydrogen (secondary N) is 2. The average molecular weight is 408 g/mol. The molecule has 1 aromatic carbocycles. The second kappa shape index (κ2) is 12.9. The van der Waals surface area contributed by atoms with E-state index in [0.717, 1.165) is 5.56 Å². The fraction of sp³-hybridized carbons (Fsp3) is 0.571. The van der Waals surface area contributed by atoms with Crippen molar-refractivity contribution in [2.75, 3.05) is 13.7 Å². The largest absolute Gasteiger partial charge is 0.467 e. The molecule has 0 fully saturated rings. The number of aliphatic hydroxyl groups is 1. The molecule has 2 amide bonds. The van der Waals surface area contributed by atoms with E-state index in [1.807, 2.05) is 44.2 Å². The second-order valence-electron chi connectivity index (χ2n) is 7.45. The van der Waals surface area contributed by atoms with Gasteiger partial charge in [-0.2, -0.15) is 0 Å². The highest BCUT2D eigenvalue weighted by Crippen LogP contribution is 2.09. The number of hydrogen-bond acceptors (Lipinski definition) is 6. The molecule has 0 radical (unpaired) electrons. The number of benzene rings is 1. The summed E-state index contributed by atoms with van der Waals surface area (Å²) in [6.45, 7) is 3.94. The minimum Gasteiger partial charge on any atom is -0.467 e. The van der Waals surface area contributed by atoms with Crippen LogP contribution in [0.25, 0.3) is 0 Å². The van der Waals surface area contributed by atoms with Gasteiger partial charge in [-0.1, -0.05) is 44.2 Å². The molecule has 0 bridgehead atoms. The van der Waals surface area contributed by atoms with Crippen molar-refractivity contribution in [3.05, 3.63) is 35.9 Å². The molecule has 0 saturated carbocycles. The van der Waals surface area contributed by atoms with Crippen molar-refractivity contribution < 1.29 is 24.2 Å². The van der Waals surface area contributed by atoms with Gasteiger partial charge in [0.05, 0.1) is 13.2 Å². The van der Waals surface area contributed by atoms with E-state index in [0.29, 0.717) is 6.42 Å². The average Bonchev–Trinajstić information content (AvgIpc) is 2.70. The summed E-state index contributed by atoms with van der Waals surface area (Å²) in [5.41, 5.74) is 6.23. The first-order valence-electron chi connectivity index (χ1n) is 9.86. The number of carbonyl (C=O) groups excluding carboxylic acids is 3. The van der Waals surface area contributed by atoms with Crippen LogP contribution >= 0.6 is 0 Å². The van der Waals surface area contributed by atoms with Crippen LogP contribution in [-0.4, -0.2) is 54.7 Å². The normalized spacial score (nSPS) is 14.0. The Morgan fingerprint density at radius 1 is 1.10 bits per heavy atom. The fourth-order valence-electron chi connectivity index (χ4n) is 2.84. The highest BCUT2D eigenvalue weighted by atomic mass is 16.5. The van der Waals surface area contributed by atoms with E-state index in [-0.39, 0.29) is 37.6 Å². The number of rotatable bonds is 12. The lowest BCUT2D eigenvalue weighted by molar-refractivity contribution is -0.145. The minimum atomic E-state index is -0.862. The molecule has 29 heavy (non-hydrogen) atoms. The Morgan fingerprint density at radius 2 is 1.76 bits per heavy atom. The van der Waals surface area contributed by atoms with Crippen LogP contribution < -0.4 is 16.4 Å². The lowest BCUT2D eigenvalue weighted by Gasteiger charge is -2.23. The predicted molar refractivity (Wildman–Crippen MR) is 110 cm³/mol. The van der Waals surface area contributed by atoms with E-state index in [1.165, 1.54) is 7.11 Å². The van der Waals surface area contributed by atoms with Gasteiger partial charge in [-0.25, -0.2) is 4.79 Å². The van der Waals surface area contributed by atoms with Crippen LogP contribution in [0.4, 0.5) is 0 Å². The zero-order valence-electron chi connectivity index (χ0n) is 17.4. The standard InChI is InChI=1S/C21H33N3O5/c1-14(2)11-18(21(28)29-3)24-20(27)17(12-15-7-5-4-6-8-15)23-19(26)10-9-16(25)13-22/h4-8,14,16-18,25H,9-13,22H2,1-3H3,(H,23,26)(H,24,27)/t16-,17+,18+/m1/s1. The van der Waals surface area contributed by atoms with Crippen molar-refractivity contribution in [3.8, 4) is 0 Å². The first kappa shape index (κ1) is 24.6. The molecule has 0 saturated heterocycles. The predicted octanol–water partition coefficient (Wildman–Crippen LogP) is 0.518. The molecule has 162 valence electrons. The zero-order chi connectivity index (χ0) is 21.8. The second-order valence-corrected chi connectivity index (χ2v) is 7.45. The maximum atomic E-state index is 12.9. The molecule has 0 aromatic heterocycles. The number of methoxy groups -OCH3 is 1. The number of hydrogen-bond donors (Lipinski definition) is 4. The van der Waals surface area contributed by atoms with Gasteiger partial charge in [0.25, 0.3) is 0 Å². The minimum absolute atomic E-state index is 0.0450. The van der Waals surface area contributed by atoms with Crippen molar-refractivity contribution >= 4 is 17.8 Å². The maximum absolute atomic E-state index is 12.9. The number of ether oxygens (including phenoxy) is 1. The molecule has 0 heterocycles. The summed E-state index contributed by atoms with van der Waals surface area (Å²) >= 11 is 0. The molecule has 1 rings (SSSR count). The molecule has 0 aliphatic carbocycles. The van der Waals surface area contributed by atoms with Crippen LogP contribution in [0.3, 0.4) is 0 Å². The lowest BCUT2D eigenvalue weighted by atomic mass is 10.0. The Kier molecular flexibility index (Phi) is 10.9. The van der Waals surface area contributed by atoms with Crippen molar-refractivity contribution in [2.24, 2.45) is 11.7 Å². The fourth-order valence-corrected chi connectivity index (χ4v) is 2.84. The topological polar surface area (TPSA) is 131 Å². The molecular formula is C21H33N3O5. The highest BCUT2D eigenvalue weighted by molar-refractivity contribution is 5.91. The first-order valence-corrected chi connectivity index (χ1v) is 9.86. The number of esters is 1. The summed E-state index contributed by atoms with van der Waals surface area (Å²) < 4.78 is 4.79. The number of amides is 2. The smallest absolute Gasteiger partial charge is 0.328 e. The Hall–Kier alpha value is -2.45. The van der Waals surface area contributed by atoms with Crippen LogP contribution in [-0.2, 0) is 25.5 Å². The van der Waals surface area contributed by atoms with Gasteiger partial charge < -0.3 is 26.2 Å². The Morgan fingerprint density at radius 3 is 2.31 bits per heavy atom. The molecule has 0 unspecified atom stereocenters. The molecule has 0 aliphatic heterocycles. The maximum Gasteiger partial charge on any atom is 0.328 e. The van der Waals surface area contributed by atoms with Gasteiger partial charge >= 0.3 is 5.97 Å². The lowest BCUT2D eigenvalue weighted by Crippen LogP contribution is -2.53. The number of aliphatic hydroxyl groups excluding tert-OH is 1. The van der Waals surface area contributed by atoms with Crippen LogP contribution in [0.5, 0.6) is 0 Å². The third-order valence-electron chi connectivity index (χ3n) is 4.42. The van der Waals surface area contributed by atoms with E-state index in [1.54, 1.807) is 0 Å². The SMILES string of the molecule is COC(=O)[C@H](CC(C)C)NC(=O)[C@H](Cc1ccccc1)NC(=O)CC[C@@H](O)CN. The van der Waals surface area contributed by atoms with Crippen molar-refractivity contribution in [1.29, 1.82) is 0 Å². The van der Waals surface area contributed by atoms with E-state index >= 15 is 0 Å². The Balaban J connectivity index is 2.88. The molecule has 1 aromatic rings. The van der Waals surface area contributed by atoms with E-state index in [2.05, 4.69) is 10.6 Å². The highest BCUT2D eigenvalue weighted by Gasteiger charge is 2.28. The van der Waals surface area contributed by atoms with Gasteiger partial charge in [-0.05, 0) is 24.3 Å². The summed E-state index contributed by atoms with van der Waals surface area (Å²) in [5.74, 6) is -1.19. The zero-order valence-corrected chi connectivity index (χ0v) is 17.4. The van der Waals surface area contributed by atoms with E-state index in [4.69, 9.17) is 10.5 Å². The summed E-state index contributed by atoms with van der Waals surface area (Å²) in [6, 6.07) is 7.62. The van der Waals surface area contributed by atoms with Gasteiger partial charge in [0.15, 0.2) is 0 Å². The molecule has 5 N–H and O–H groups in total. The quantitative estimate of drug-likeness (QED) is 0.374. The third-order valence-corrected chi connectivity index (χ3v) is 4.42. The van der Waals surface area contributed by atoms with Gasteiger partial charge in [-0.15, -0.1) is 0 Å². The van der Waals surface area contributed by atoms with Crippen LogP contribution in [0.1, 0.15) is 38.7 Å². The molecule has 3 atom stereocenters.